The van der Waals surface area contributed by atoms with Crippen LogP contribution in [0.3, 0.4) is 0 Å². The van der Waals surface area contributed by atoms with Gasteiger partial charge in [0, 0.05) is 5.56 Å². The van der Waals surface area contributed by atoms with E-state index in [1.54, 1.807) is 7.11 Å². The quantitative estimate of drug-likeness (QED) is 0.719. The summed E-state index contributed by atoms with van der Waals surface area (Å²) < 4.78 is 16.4. The molecule has 0 aliphatic carbocycles. The number of rotatable bonds is 5. The average molecular weight is 296 g/mol. The van der Waals surface area contributed by atoms with Crippen LogP contribution in [0.15, 0.2) is 52.9 Å². The Hall–Kier alpha value is -2.82. The van der Waals surface area contributed by atoms with Crippen molar-refractivity contribution in [2.24, 2.45) is 0 Å². The third-order valence-corrected chi connectivity index (χ3v) is 3.16. The van der Waals surface area contributed by atoms with Crippen molar-refractivity contribution in [2.75, 3.05) is 7.11 Å². The lowest BCUT2D eigenvalue weighted by Gasteiger charge is -2.03. The second kappa shape index (κ2) is 6.30. The van der Waals surface area contributed by atoms with Crippen LogP contribution in [0.5, 0.6) is 11.5 Å². The van der Waals surface area contributed by atoms with Crippen LogP contribution in [0, 0.1) is 6.92 Å². The smallest absolute Gasteiger partial charge is 0.254 e. The van der Waals surface area contributed by atoms with Gasteiger partial charge < -0.3 is 13.9 Å². The van der Waals surface area contributed by atoms with Gasteiger partial charge in [0.25, 0.3) is 5.89 Å². The molecule has 0 saturated heterocycles. The minimum atomic E-state index is 0.243. The molecule has 0 fully saturated rings. The number of nitrogens with zero attached hydrogens (tertiary/aromatic N) is 2. The molecule has 5 nitrogen and oxygen atoms in total. The zero-order valence-electron chi connectivity index (χ0n) is 12.4. The summed E-state index contributed by atoms with van der Waals surface area (Å²) in [4.78, 5) is 0. The second-order valence-electron chi connectivity index (χ2n) is 4.83. The predicted molar refractivity (Wildman–Crippen MR) is 81.8 cm³/mol. The zero-order valence-corrected chi connectivity index (χ0v) is 12.4. The number of ether oxygens (including phenoxy) is 2. The van der Waals surface area contributed by atoms with Crippen LogP contribution in [0.4, 0.5) is 0 Å². The third-order valence-electron chi connectivity index (χ3n) is 3.16. The van der Waals surface area contributed by atoms with E-state index in [1.165, 1.54) is 0 Å². The Morgan fingerprint density at radius 2 is 1.82 bits per heavy atom. The van der Waals surface area contributed by atoms with E-state index in [4.69, 9.17) is 13.9 Å². The molecule has 2 aromatic carbocycles. The number of hydrogen-bond donors (Lipinski definition) is 0. The van der Waals surface area contributed by atoms with Gasteiger partial charge >= 0.3 is 0 Å². The molecule has 3 aromatic rings. The summed E-state index contributed by atoms with van der Waals surface area (Å²) in [5, 5.41) is 8.03. The molecular formula is C17H16N2O3. The predicted octanol–water partition coefficient (Wildman–Crippen LogP) is 3.63. The maximum absolute atomic E-state index is 5.64. The first-order valence-corrected chi connectivity index (χ1v) is 6.91. The Bertz CT molecular complexity index is 751. The molecule has 0 spiro atoms. The Kier molecular flexibility index (Phi) is 4.05. The molecule has 0 saturated carbocycles. The van der Waals surface area contributed by atoms with E-state index in [0.29, 0.717) is 11.8 Å². The van der Waals surface area contributed by atoms with Gasteiger partial charge in [-0.2, -0.15) is 0 Å². The van der Waals surface area contributed by atoms with Crippen molar-refractivity contribution in [2.45, 2.75) is 13.5 Å². The molecule has 0 bridgehead atoms. The molecule has 1 aromatic heterocycles. The molecule has 5 heteroatoms. The standard InChI is InChI=1S/C17H16N2O3/c1-12-4-3-5-15(10-12)21-11-16-18-19-17(22-16)13-6-8-14(20-2)9-7-13/h3-10H,11H2,1-2H3. The Labute approximate surface area is 128 Å². The Morgan fingerprint density at radius 1 is 1.00 bits per heavy atom. The summed E-state index contributed by atoms with van der Waals surface area (Å²) in [6, 6.07) is 15.3. The lowest BCUT2D eigenvalue weighted by molar-refractivity contribution is 0.264. The maximum Gasteiger partial charge on any atom is 0.254 e. The van der Waals surface area contributed by atoms with E-state index in [2.05, 4.69) is 10.2 Å². The zero-order chi connectivity index (χ0) is 15.4. The number of aryl methyl sites for hydroxylation is 1. The fraction of sp³-hybridized carbons (Fsp3) is 0.176. The normalized spacial score (nSPS) is 10.5. The molecule has 3 rings (SSSR count). The minimum Gasteiger partial charge on any atom is -0.497 e. The first-order valence-electron chi connectivity index (χ1n) is 6.91. The summed E-state index contributed by atoms with van der Waals surface area (Å²) in [5.74, 6) is 2.47. The summed E-state index contributed by atoms with van der Waals surface area (Å²) in [6.45, 7) is 2.26. The van der Waals surface area contributed by atoms with Gasteiger partial charge in [0.15, 0.2) is 6.61 Å². The van der Waals surface area contributed by atoms with Crippen molar-refractivity contribution in [1.82, 2.24) is 10.2 Å². The van der Waals surface area contributed by atoms with Crippen LogP contribution < -0.4 is 9.47 Å². The van der Waals surface area contributed by atoms with Crippen LogP contribution in [-0.2, 0) is 6.61 Å². The second-order valence-corrected chi connectivity index (χ2v) is 4.83. The summed E-state index contributed by atoms with van der Waals surface area (Å²) in [6.07, 6.45) is 0. The fourth-order valence-electron chi connectivity index (χ4n) is 2.01. The van der Waals surface area contributed by atoms with Crippen molar-refractivity contribution in [1.29, 1.82) is 0 Å². The van der Waals surface area contributed by atoms with E-state index in [1.807, 2.05) is 55.5 Å². The number of benzene rings is 2. The molecule has 0 radical (unpaired) electrons. The molecule has 0 aliphatic heterocycles. The number of aromatic nitrogens is 2. The highest BCUT2D eigenvalue weighted by Crippen LogP contribution is 2.21. The minimum absolute atomic E-state index is 0.243. The molecular weight excluding hydrogens is 280 g/mol. The molecule has 112 valence electrons. The Morgan fingerprint density at radius 3 is 2.55 bits per heavy atom. The lowest BCUT2D eigenvalue weighted by atomic mass is 10.2. The van der Waals surface area contributed by atoms with Gasteiger partial charge in [0.05, 0.1) is 7.11 Å². The van der Waals surface area contributed by atoms with Crippen LogP contribution in [0.1, 0.15) is 11.5 Å². The average Bonchev–Trinajstić information content (AvgIpc) is 3.02. The fourth-order valence-corrected chi connectivity index (χ4v) is 2.01. The molecule has 0 atom stereocenters. The molecule has 0 unspecified atom stereocenters. The SMILES string of the molecule is COc1ccc(-c2nnc(COc3cccc(C)c3)o2)cc1. The highest BCUT2D eigenvalue weighted by molar-refractivity contribution is 5.53. The van der Waals surface area contributed by atoms with Gasteiger partial charge in [-0.3, -0.25) is 0 Å². The van der Waals surface area contributed by atoms with Crippen molar-refractivity contribution >= 4 is 0 Å². The van der Waals surface area contributed by atoms with Crippen LogP contribution in [0.25, 0.3) is 11.5 Å². The van der Waals surface area contributed by atoms with Gasteiger partial charge in [0.2, 0.25) is 5.89 Å². The van der Waals surface area contributed by atoms with Gasteiger partial charge in [-0.1, -0.05) is 12.1 Å². The molecule has 1 heterocycles. The van der Waals surface area contributed by atoms with Crippen LogP contribution in [0.2, 0.25) is 0 Å². The number of hydrogen-bond acceptors (Lipinski definition) is 5. The van der Waals surface area contributed by atoms with Crippen molar-refractivity contribution < 1.29 is 13.9 Å². The highest BCUT2D eigenvalue weighted by Gasteiger charge is 2.09. The maximum atomic E-state index is 5.64. The van der Waals surface area contributed by atoms with Crippen LogP contribution in [-0.4, -0.2) is 17.3 Å². The first-order chi connectivity index (χ1) is 10.7. The van der Waals surface area contributed by atoms with E-state index >= 15 is 0 Å². The third kappa shape index (κ3) is 3.25. The summed E-state index contributed by atoms with van der Waals surface area (Å²) >= 11 is 0. The van der Waals surface area contributed by atoms with Crippen molar-refractivity contribution in [3.63, 3.8) is 0 Å². The topological polar surface area (TPSA) is 57.4 Å². The summed E-state index contributed by atoms with van der Waals surface area (Å²) in [5.41, 5.74) is 1.98. The largest absolute Gasteiger partial charge is 0.497 e. The van der Waals surface area contributed by atoms with E-state index in [0.717, 1.165) is 22.6 Å². The highest BCUT2D eigenvalue weighted by atomic mass is 16.5. The van der Waals surface area contributed by atoms with E-state index in [-0.39, 0.29) is 6.61 Å². The molecule has 0 N–H and O–H groups in total. The van der Waals surface area contributed by atoms with Gasteiger partial charge in [-0.15, -0.1) is 10.2 Å². The first kappa shape index (κ1) is 14.1. The van der Waals surface area contributed by atoms with Crippen molar-refractivity contribution in [3.8, 4) is 23.0 Å². The van der Waals surface area contributed by atoms with E-state index in [9.17, 15) is 0 Å². The van der Waals surface area contributed by atoms with Gasteiger partial charge in [-0.05, 0) is 48.9 Å². The molecule has 0 amide bonds. The van der Waals surface area contributed by atoms with Gasteiger partial charge in [-0.25, -0.2) is 0 Å². The lowest BCUT2D eigenvalue weighted by Crippen LogP contribution is -1.95. The molecule has 22 heavy (non-hydrogen) atoms. The summed E-state index contributed by atoms with van der Waals surface area (Å²) in [7, 11) is 1.63. The number of methoxy groups -OCH3 is 1. The van der Waals surface area contributed by atoms with Crippen LogP contribution >= 0.6 is 0 Å². The Balaban J connectivity index is 1.68. The van der Waals surface area contributed by atoms with E-state index < -0.39 is 0 Å². The molecule has 0 aliphatic rings. The monoisotopic (exact) mass is 296 g/mol. The van der Waals surface area contributed by atoms with Crippen molar-refractivity contribution in [3.05, 3.63) is 60.0 Å². The van der Waals surface area contributed by atoms with Gasteiger partial charge in [0.1, 0.15) is 11.5 Å².